The number of anilines is 1. The van der Waals surface area contributed by atoms with E-state index in [0.717, 1.165) is 31.7 Å². The third kappa shape index (κ3) is 3.95. The molecule has 2 heterocycles. The molecule has 3 rings (SSSR count). The van der Waals surface area contributed by atoms with Gasteiger partial charge in [-0.05, 0) is 30.9 Å². The largest absolute Gasteiger partial charge is 0.391 e. The van der Waals surface area contributed by atoms with Crippen molar-refractivity contribution in [2.45, 2.75) is 31.4 Å². The van der Waals surface area contributed by atoms with E-state index in [-0.39, 0.29) is 11.9 Å². The minimum Gasteiger partial charge on any atom is -0.391 e. The van der Waals surface area contributed by atoms with Crippen LogP contribution in [-0.2, 0) is 4.79 Å². The standard InChI is InChI=1S/C16H24N4O2S/c1-23-5-2-16(22)20-9-11-6-13(14(21)7-12(11)10-20)19-15-8-17-3-4-18-15/h3-4,8,11-14,21H,2,5-7,9-10H2,1H3,(H,18,19)/t11-,12+,13-,14-/m1/s1. The number of rotatable bonds is 5. The van der Waals surface area contributed by atoms with E-state index in [1.165, 1.54) is 0 Å². The van der Waals surface area contributed by atoms with Gasteiger partial charge in [-0.1, -0.05) is 0 Å². The number of aromatic nitrogens is 2. The van der Waals surface area contributed by atoms with Gasteiger partial charge >= 0.3 is 0 Å². The van der Waals surface area contributed by atoms with Gasteiger partial charge in [-0.2, -0.15) is 11.8 Å². The molecule has 0 unspecified atom stereocenters. The molecule has 1 saturated carbocycles. The molecule has 7 heteroatoms. The van der Waals surface area contributed by atoms with Gasteiger partial charge in [-0.15, -0.1) is 0 Å². The molecule has 1 aliphatic heterocycles. The molecule has 2 aliphatic rings. The molecule has 0 radical (unpaired) electrons. The van der Waals surface area contributed by atoms with Crippen LogP contribution in [0.4, 0.5) is 5.82 Å². The molecule has 0 spiro atoms. The Hall–Kier alpha value is -1.34. The molecule has 2 N–H and O–H groups in total. The SMILES string of the molecule is CSCCC(=O)N1C[C@H]2C[C@@H](Nc3cnccn3)[C@H](O)C[C@H]2C1. The second kappa shape index (κ2) is 7.49. The summed E-state index contributed by atoms with van der Waals surface area (Å²) >= 11 is 1.71. The van der Waals surface area contributed by atoms with Crippen molar-refractivity contribution in [1.29, 1.82) is 0 Å². The van der Waals surface area contributed by atoms with Crippen LogP contribution in [0.2, 0.25) is 0 Å². The van der Waals surface area contributed by atoms with Gasteiger partial charge in [0, 0.05) is 37.7 Å². The van der Waals surface area contributed by atoms with Crippen LogP contribution in [0.5, 0.6) is 0 Å². The van der Waals surface area contributed by atoms with Crippen LogP contribution >= 0.6 is 11.8 Å². The number of fused-ring (bicyclic) bond motifs is 1. The maximum absolute atomic E-state index is 12.2. The molecule has 23 heavy (non-hydrogen) atoms. The fraction of sp³-hybridized carbons (Fsp3) is 0.688. The smallest absolute Gasteiger partial charge is 0.223 e. The molecule has 6 nitrogen and oxygen atoms in total. The topological polar surface area (TPSA) is 78.4 Å². The zero-order chi connectivity index (χ0) is 16.2. The van der Waals surface area contributed by atoms with E-state index in [1.807, 2.05) is 11.2 Å². The molecule has 1 aromatic rings. The van der Waals surface area contributed by atoms with Crippen molar-refractivity contribution in [3.63, 3.8) is 0 Å². The predicted molar refractivity (Wildman–Crippen MR) is 91.2 cm³/mol. The normalized spacial score (nSPS) is 30.1. The molecule has 126 valence electrons. The maximum atomic E-state index is 12.2. The molecular formula is C16H24N4O2S. The highest BCUT2D eigenvalue weighted by Crippen LogP contribution is 2.37. The lowest BCUT2D eigenvalue weighted by Gasteiger charge is -2.35. The van der Waals surface area contributed by atoms with E-state index >= 15 is 0 Å². The van der Waals surface area contributed by atoms with E-state index in [2.05, 4.69) is 15.3 Å². The van der Waals surface area contributed by atoms with Gasteiger partial charge in [0.2, 0.25) is 5.91 Å². The Morgan fingerprint density at radius 3 is 2.87 bits per heavy atom. The summed E-state index contributed by atoms with van der Waals surface area (Å²) < 4.78 is 0. The van der Waals surface area contributed by atoms with E-state index < -0.39 is 6.10 Å². The zero-order valence-electron chi connectivity index (χ0n) is 13.4. The Labute approximate surface area is 141 Å². The number of carbonyl (C=O) groups excluding carboxylic acids is 1. The van der Waals surface area contributed by atoms with Crippen molar-refractivity contribution in [2.24, 2.45) is 11.8 Å². The summed E-state index contributed by atoms with van der Waals surface area (Å²) in [6, 6.07) is -0.0193. The first kappa shape index (κ1) is 16.5. The average molecular weight is 336 g/mol. The van der Waals surface area contributed by atoms with Gasteiger partial charge in [-0.25, -0.2) is 4.98 Å². The molecule has 1 amide bonds. The number of hydrogen-bond acceptors (Lipinski definition) is 6. The van der Waals surface area contributed by atoms with Gasteiger partial charge in [-0.3, -0.25) is 9.78 Å². The molecular weight excluding hydrogens is 312 g/mol. The highest BCUT2D eigenvalue weighted by molar-refractivity contribution is 7.98. The van der Waals surface area contributed by atoms with Crippen molar-refractivity contribution in [1.82, 2.24) is 14.9 Å². The summed E-state index contributed by atoms with van der Waals surface area (Å²) in [5.41, 5.74) is 0. The van der Waals surface area contributed by atoms with Crippen LogP contribution in [0.25, 0.3) is 0 Å². The Kier molecular flexibility index (Phi) is 5.38. The molecule has 0 bridgehead atoms. The van der Waals surface area contributed by atoms with Crippen LogP contribution in [-0.4, -0.2) is 63.1 Å². The maximum Gasteiger partial charge on any atom is 0.223 e. The molecule has 1 saturated heterocycles. The van der Waals surface area contributed by atoms with E-state index in [0.29, 0.717) is 24.1 Å². The third-order valence-electron chi connectivity index (χ3n) is 4.91. The Bertz CT molecular complexity index is 530. The molecule has 2 fully saturated rings. The van der Waals surface area contributed by atoms with Crippen molar-refractivity contribution >= 4 is 23.5 Å². The minimum absolute atomic E-state index is 0.0193. The number of amides is 1. The van der Waals surface area contributed by atoms with Crippen LogP contribution in [0, 0.1) is 11.8 Å². The first-order valence-electron chi connectivity index (χ1n) is 8.14. The molecule has 1 aliphatic carbocycles. The van der Waals surface area contributed by atoms with E-state index in [1.54, 1.807) is 30.4 Å². The summed E-state index contributed by atoms with van der Waals surface area (Å²) in [6.45, 7) is 1.62. The van der Waals surface area contributed by atoms with Crippen molar-refractivity contribution in [3.05, 3.63) is 18.6 Å². The van der Waals surface area contributed by atoms with Crippen LogP contribution in [0.3, 0.4) is 0 Å². The Morgan fingerprint density at radius 2 is 2.17 bits per heavy atom. The number of carbonyl (C=O) groups is 1. The summed E-state index contributed by atoms with van der Waals surface area (Å²) in [6.07, 6.45) is 8.80. The lowest BCUT2D eigenvalue weighted by atomic mass is 9.77. The number of aliphatic hydroxyl groups excluding tert-OH is 1. The number of nitrogens with zero attached hydrogens (tertiary/aromatic N) is 3. The zero-order valence-corrected chi connectivity index (χ0v) is 14.2. The van der Waals surface area contributed by atoms with E-state index in [9.17, 15) is 9.90 Å². The number of hydrogen-bond donors (Lipinski definition) is 2. The fourth-order valence-electron chi connectivity index (χ4n) is 3.70. The summed E-state index contributed by atoms with van der Waals surface area (Å²) in [5, 5.41) is 13.7. The average Bonchev–Trinajstić information content (AvgIpc) is 2.96. The van der Waals surface area contributed by atoms with E-state index in [4.69, 9.17) is 0 Å². The van der Waals surface area contributed by atoms with Gasteiger partial charge in [0.15, 0.2) is 0 Å². The Balaban J connectivity index is 1.58. The van der Waals surface area contributed by atoms with Gasteiger partial charge in [0.25, 0.3) is 0 Å². The number of aliphatic hydroxyl groups is 1. The predicted octanol–water partition coefficient (Wildman–Crippen LogP) is 1.24. The quantitative estimate of drug-likeness (QED) is 0.842. The first-order valence-corrected chi connectivity index (χ1v) is 9.54. The second-order valence-corrected chi connectivity index (χ2v) is 7.43. The van der Waals surface area contributed by atoms with Gasteiger partial charge in [0.05, 0.1) is 18.3 Å². The van der Waals surface area contributed by atoms with Crippen molar-refractivity contribution in [3.8, 4) is 0 Å². The van der Waals surface area contributed by atoms with Crippen LogP contribution in [0.15, 0.2) is 18.6 Å². The van der Waals surface area contributed by atoms with Crippen molar-refractivity contribution < 1.29 is 9.90 Å². The lowest BCUT2D eigenvalue weighted by molar-refractivity contribution is -0.129. The van der Waals surface area contributed by atoms with Crippen LogP contribution in [0.1, 0.15) is 19.3 Å². The Morgan fingerprint density at radius 1 is 1.39 bits per heavy atom. The highest BCUT2D eigenvalue weighted by atomic mass is 32.2. The summed E-state index contributed by atoms with van der Waals surface area (Å²) in [5.74, 6) is 2.71. The number of nitrogens with one attached hydrogen (secondary N) is 1. The van der Waals surface area contributed by atoms with Gasteiger partial charge < -0.3 is 15.3 Å². The first-order chi connectivity index (χ1) is 11.2. The third-order valence-corrected chi connectivity index (χ3v) is 5.52. The lowest BCUT2D eigenvalue weighted by Crippen LogP contribution is -2.43. The second-order valence-electron chi connectivity index (χ2n) is 6.44. The minimum atomic E-state index is -0.403. The van der Waals surface area contributed by atoms with Crippen LogP contribution < -0.4 is 5.32 Å². The highest BCUT2D eigenvalue weighted by Gasteiger charge is 2.42. The van der Waals surface area contributed by atoms with Gasteiger partial charge in [0.1, 0.15) is 5.82 Å². The molecule has 1 aromatic heterocycles. The number of thioether (sulfide) groups is 1. The fourth-order valence-corrected chi connectivity index (χ4v) is 4.08. The summed E-state index contributed by atoms with van der Waals surface area (Å²) in [4.78, 5) is 22.5. The molecule has 4 atom stereocenters. The van der Waals surface area contributed by atoms with Crippen molar-refractivity contribution in [2.75, 3.05) is 30.4 Å². The summed E-state index contributed by atoms with van der Waals surface area (Å²) in [7, 11) is 0. The monoisotopic (exact) mass is 336 g/mol. The number of likely N-dealkylation sites (tertiary alicyclic amines) is 1. The molecule has 0 aromatic carbocycles.